The van der Waals surface area contributed by atoms with Gasteiger partial charge >= 0.3 is 0 Å². The first-order chi connectivity index (χ1) is 14.1. The smallest absolute Gasteiger partial charge is 0.228 e. The monoisotopic (exact) mass is 389 g/mol. The molecule has 0 fully saturated rings. The zero-order chi connectivity index (χ0) is 20.4. The number of ether oxygens (including phenoxy) is 3. The third-order valence-electron chi connectivity index (χ3n) is 5.17. The minimum atomic E-state index is -0.102. The van der Waals surface area contributed by atoms with Gasteiger partial charge in [-0.3, -0.25) is 4.79 Å². The lowest BCUT2D eigenvalue weighted by atomic mass is 10.1. The fourth-order valence-corrected chi connectivity index (χ4v) is 3.85. The third-order valence-corrected chi connectivity index (χ3v) is 5.17. The van der Waals surface area contributed by atoms with Gasteiger partial charge in [0, 0.05) is 5.69 Å². The maximum atomic E-state index is 12.6. The van der Waals surface area contributed by atoms with Gasteiger partial charge in [0.2, 0.25) is 11.7 Å². The van der Waals surface area contributed by atoms with Crippen LogP contribution in [0.25, 0.3) is 11.1 Å². The molecule has 0 atom stereocenters. The quantitative estimate of drug-likeness (QED) is 0.529. The molecule has 0 unspecified atom stereocenters. The van der Waals surface area contributed by atoms with Crippen LogP contribution < -0.4 is 19.5 Å². The van der Waals surface area contributed by atoms with Crippen LogP contribution in [0.5, 0.6) is 17.2 Å². The summed E-state index contributed by atoms with van der Waals surface area (Å²) in [4.78, 5) is 12.6. The number of anilines is 1. The van der Waals surface area contributed by atoms with Crippen LogP contribution in [0.2, 0.25) is 0 Å². The molecule has 0 saturated heterocycles. The number of benzene rings is 3. The molecule has 0 aliphatic heterocycles. The van der Waals surface area contributed by atoms with Crippen molar-refractivity contribution in [1.29, 1.82) is 0 Å². The number of fused-ring (bicyclic) bond motifs is 3. The molecule has 0 bridgehead atoms. The van der Waals surface area contributed by atoms with Crippen LogP contribution in [0.3, 0.4) is 0 Å². The van der Waals surface area contributed by atoms with Crippen molar-refractivity contribution in [2.75, 3.05) is 26.6 Å². The second kappa shape index (κ2) is 7.87. The predicted molar refractivity (Wildman–Crippen MR) is 113 cm³/mol. The number of carbonyl (C=O) groups is 1. The number of amides is 1. The van der Waals surface area contributed by atoms with Crippen LogP contribution in [-0.2, 0) is 17.6 Å². The van der Waals surface area contributed by atoms with Crippen LogP contribution in [0.1, 0.15) is 16.7 Å². The molecule has 0 spiro atoms. The molecular formula is C24H23NO4. The lowest BCUT2D eigenvalue weighted by Gasteiger charge is -2.14. The molecule has 3 aromatic carbocycles. The minimum Gasteiger partial charge on any atom is -0.493 e. The number of nitrogens with one attached hydrogen (secondary N) is 1. The zero-order valence-electron chi connectivity index (χ0n) is 16.7. The van der Waals surface area contributed by atoms with Gasteiger partial charge in [0.1, 0.15) is 0 Å². The molecule has 0 heterocycles. The first-order valence-corrected chi connectivity index (χ1v) is 9.43. The highest BCUT2D eigenvalue weighted by atomic mass is 16.5. The van der Waals surface area contributed by atoms with Crippen molar-refractivity contribution in [3.63, 3.8) is 0 Å². The van der Waals surface area contributed by atoms with Crippen LogP contribution >= 0.6 is 0 Å². The summed E-state index contributed by atoms with van der Waals surface area (Å²) in [6.07, 6.45) is 1.09. The normalized spacial score (nSPS) is 11.4. The van der Waals surface area contributed by atoms with Crippen molar-refractivity contribution in [2.45, 2.75) is 12.8 Å². The fourth-order valence-electron chi connectivity index (χ4n) is 3.85. The van der Waals surface area contributed by atoms with Crippen molar-refractivity contribution in [3.8, 4) is 28.4 Å². The van der Waals surface area contributed by atoms with Crippen LogP contribution in [0.4, 0.5) is 5.69 Å². The number of carbonyl (C=O) groups excluding carboxylic acids is 1. The van der Waals surface area contributed by atoms with Crippen molar-refractivity contribution in [1.82, 2.24) is 0 Å². The molecule has 1 N–H and O–H groups in total. The Morgan fingerprint density at radius 3 is 2.24 bits per heavy atom. The second-order valence-electron chi connectivity index (χ2n) is 6.96. The summed E-state index contributed by atoms with van der Waals surface area (Å²) in [5.41, 5.74) is 6.65. The molecule has 5 heteroatoms. The molecular weight excluding hydrogens is 366 g/mol. The highest BCUT2D eigenvalue weighted by Gasteiger charge is 2.19. The average Bonchev–Trinajstić information content (AvgIpc) is 3.10. The molecule has 0 aromatic heterocycles. The second-order valence-corrected chi connectivity index (χ2v) is 6.96. The van der Waals surface area contributed by atoms with Crippen molar-refractivity contribution < 1.29 is 19.0 Å². The molecule has 4 rings (SSSR count). The molecule has 148 valence electrons. The van der Waals surface area contributed by atoms with E-state index in [1.54, 1.807) is 33.5 Å². The van der Waals surface area contributed by atoms with E-state index in [0.717, 1.165) is 17.7 Å². The van der Waals surface area contributed by atoms with E-state index in [1.165, 1.54) is 22.3 Å². The van der Waals surface area contributed by atoms with Crippen LogP contribution in [-0.4, -0.2) is 27.2 Å². The molecule has 3 aromatic rings. The number of rotatable bonds is 6. The number of hydrogen-bond acceptors (Lipinski definition) is 4. The van der Waals surface area contributed by atoms with Crippen molar-refractivity contribution >= 4 is 11.6 Å². The van der Waals surface area contributed by atoms with Crippen LogP contribution in [0, 0.1) is 0 Å². The molecule has 5 nitrogen and oxygen atoms in total. The van der Waals surface area contributed by atoms with E-state index in [0.29, 0.717) is 17.2 Å². The van der Waals surface area contributed by atoms with Gasteiger partial charge in [-0.15, -0.1) is 0 Å². The first-order valence-electron chi connectivity index (χ1n) is 9.43. The van der Waals surface area contributed by atoms with E-state index < -0.39 is 0 Å². The highest BCUT2D eigenvalue weighted by molar-refractivity contribution is 5.93. The van der Waals surface area contributed by atoms with E-state index >= 15 is 0 Å². The van der Waals surface area contributed by atoms with E-state index in [2.05, 4.69) is 41.7 Å². The lowest BCUT2D eigenvalue weighted by molar-refractivity contribution is -0.115. The Hall–Kier alpha value is -3.47. The summed E-state index contributed by atoms with van der Waals surface area (Å²) in [6, 6.07) is 18.1. The van der Waals surface area contributed by atoms with Gasteiger partial charge in [-0.2, -0.15) is 0 Å². The topological polar surface area (TPSA) is 56.8 Å². The highest BCUT2D eigenvalue weighted by Crippen LogP contribution is 2.39. The molecule has 29 heavy (non-hydrogen) atoms. The SMILES string of the molecule is COc1cc(CC(=O)Nc2ccc3c(c2)Cc2ccccc2-3)cc(OC)c1OC. The summed E-state index contributed by atoms with van der Waals surface area (Å²) in [5.74, 6) is 1.47. The fraction of sp³-hybridized carbons (Fsp3) is 0.208. The van der Waals surface area contributed by atoms with Gasteiger partial charge in [0.05, 0.1) is 27.8 Å². The van der Waals surface area contributed by atoms with Gasteiger partial charge in [0.15, 0.2) is 11.5 Å². The van der Waals surface area contributed by atoms with Gasteiger partial charge in [-0.25, -0.2) is 0 Å². The first kappa shape index (κ1) is 18.9. The summed E-state index contributed by atoms with van der Waals surface area (Å²) >= 11 is 0. The van der Waals surface area contributed by atoms with E-state index in [-0.39, 0.29) is 12.3 Å². The number of methoxy groups -OCH3 is 3. The minimum absolute atomic E-state index is 0.102. The molecule has 1 aliphatic rings. The van der Waals surface area contributed by atoms with E-state index in [4.69, 9.17) is 14.2 Å². The lowest BCUT2D eigenvalue weighted by Crippen LogP contribution is -2.14. The van der Waals surface area contributed by atoms with Crippen molar-refractivity contribution in [3.05, 3.63) is 71.3 Å². The van der Waals surface area contributed by atoms with Gasteiger partial charge < -0.3 is 19.5 Å². The predicted octanol–water partition coefficient (Wildman–Crippen LogP) is 4.46. The van der Waals surface area contributed by atoms with E-state index in [1.807, 2.05) is 6.07 Å². The Labute approximate surface area is 170 Å². The molecule has 0 radical (unpaired) electrons. The third kappa shape index (κ3) is 3.63. The largest absolute Gasteiger partial charge is 0.493 e. The molecule has 1 aliphatic carbocycles. The van der Waals surface area contributed by atoms with Gasteiger partial charge in [0.25, 0.3) is 0 Å². The van der Waals surface area contributed by atoms with Crippen LogP contribution in [0.15, 0.2) is 54.6 Å². The maximum Gasteiger partial charge on any atom is 0.228 e. The maximum absolute atomic E-state index is 12.6. The average molecular weight is 389 g/mol. The number of hydrogen-bond donors (Lipinski definition) is 1. The summed E-state index contributed by atoms with van der Waals surface area (Å²) in [7, 11) is 4.67. The van der Waals surface area contributed by atoms with Gasteiger partial charge in [-0.1, -0.05) is 30.3 Å². The summed E-state index contributed by atoms with van der Waals surface area (Å²) < 4.78 is 16.1. The Morgan fingerprint density at radius 1 is 0.862 bits per heavy atom. The van der Waals surface area contributed by atoms with Crippen molar-refractivity contribution in [2.24, 2.45) is 0 Å². The Balaban J connectivity index is 1.50. The Bertz CT molecular complexity index is 1050. The Kier molecular flexibility index (Phi) is 5.12. The molecule has 1 amide bonds. The summed E-state index contributed by atoms with van der Waals surface area (Å²) in [5, 5.41) is 3.00. The summed E-state index contributed by atoms with van der Waals surface area (Å²) in [6.45, 7) is 0. The standard InChI is InChI=1S/C24H23NO4/c1-27-21-10-15(11-22(28-2)24(21)29-3)12-23(26)25-18-8-9-20-17(14-18)13-16-6-4-5-7-19(16)20/h4-11,14H,12-13H2,1-3H3,(H,25,26). The van der Waals surface area contributed by atoms with Gasteiger partial charge in [-0.05, 0) is 58.5 Å². The van der Waals surface area contributed by atoms with E-state index in [9.17, 15) is 4.79 Å². The zero-order valence-corrected chi connectivity index (χ0v) is 16.7. The Morgan fingerprint density at radius 2 is 1.55 bits per heavy atom. The molecule has 0 saturated carbocycles.